The number of primary sulfonamides is 1. The lowest BCUT2D eigenvalue weighted by Gasteiger charge is -2.25. The molecule has 3 N–H and O–H groups in total. The SMILES string of the molecule is C[C@@H](c1ccc(S(N)(=O)=O)cc1)N(C)CC(=O)Nc1ccccc1OCC(F)(F)F. The van der Waals surface area contributed by atoms with E-state index in [2.05, 4.69) is 5.32 Å². The Morgan fingerprint density at radius 1 is 1.17 bits per heavy atom. The van der Waals surface area contributed by atoms with Crippen LogP contribution in [0.5, 0.6) is 5.75 Å². The Morgan fingerprint density at radius 2 is 1.77 bits per heavy atom. The van der Waals surface area contributed by atoms with Crippen LogP contribution in [0.2, 0.25) is 0 Å². The highest BCUT2D eigenvalue weighted by atomic mass is 32.2. The summed E-state index contributed by atoms with van der Waals surface area (Å²) in [7, 11) is -2.11. The Labute approximate surface area is 172 Å². The fourth-order valence-electron chi connectivity index (χ4n) is 2.60. The van der Waals surface area contributed by atoms with Crippen molar-refractivity contribution < 1.29 is 31.1 Å². The summed E-state index contributed by atoms with van der Waals surface area (Å²) in [5.41, 5.74) is 0.886. The molecule has 0 fully saturated rings. The number of hydrogen-bond acceptors (Lipinski definition) is 5. The lowest BCUT2D eigenvalue weighted by atomic mass is 10.1. The maximum atomic E-state index is 12.4. The first-order chi connectivity index (χ1) is 13.9. The van der Waals surface area contributed by atoms with Crippen molar-refractivity contribution in [1.29, 1.82) is 0 Å². The molecule has 2 aromatic rings. The molecule has 0 saturated carbocycles. The minimum absolute atomic E-state index is 0.0192. The Morgan fingerprint density at radius 3 is 2.33 bits per heavy atom. The number of nitrogens with one attached hydrogen (secondary N) is 1. The molecular weight excluding hydrogens is 423 g/mol. The van der Waals surface area contributed by atoms with E-state index in [9.17, 15) is 26.4 Å². The monoisotopic (exact) mass is 445 g/mol. The van der Waals surface area contributed by atoms with Crippen molar-refractivity contribution in [2.24, 2.45) is 5.14 Å². The second-order valence-electron chi connectivity index (χ2n) is 6.65. The molecule has 2 aromatic carbocycles. The highest BCUT2D eigenvalue weighted by Crippen LogP contribution is 2.26. The Balaban J connectivity index is 2.01. The average molecular weight is 445 g/mol. The maximum absolute atomic E-state index is 12.4. The van der Waals surface area contributed by atoms with Gasteiger partial charge in [-0.3, -0.25) is 9.69 Å². The average Bonchev–Trinajstić information content (AvgIpc) is 2.65. The molecule has 0 aromatic heterocycles. The second-order valence-corrected chi connectivity index (χ2v) is 8.21. The summed E-state index contributed by atoms with van der Waals surface area (Å²) in [6.07, 6.45) is -4.49. The van der Waals surface area contributed by atoms with Crippen molar-refractivity contribution in [2.75, 3.05) is 25.5 Å². The quantitative estimate of drug-likeness (QED) is 0.651. The normalized spacial score (nSPS) is 13.2. The molecule has 0 saturated heterocycles. The third-order valence-electron chi connectivity index (χ3n) is 4.30. The molecule has 30 heavy (non-hydrogen) atoms. The molecule has 2 rings (SSSR count). The van der Waals surface area contributed by atoms with Gasteiger partial charge in [-0.2, -0.15) is 13.2 Å². The van der Waals surface area contributed by atoms with Crippen LogP contribution < -0.4 is 15.2 Å². The zero-order valence-electron chi connectivity index (χ0n) is 16.3. The number of halogens is 3. The Kier molecular flexibility index (Phi) is 7.45. The van der Waals surface area contributed by atoms with Gasteiger partial charge in [-0.05, 0) is 43.8 Å². The number of alkyl halides is 3. The number of anilines is 1. The summed E-state index contributed by atoms with van der Waals surface area (Å²) in [6.45, 7) is 0.288. The van der Waals surface area contributed by atoms with E-state index in [1.54, 1.807) is 30.1 Å². The Bertz CT molecular complexity index is 979. The van der Waals surface area contributed by atoms with E-state index in [1.807, 2.05) is 6.92 Å². The first kappa shape index (κ1) is 23.6. The highest BCUT2D eigenvalue weighted by molar-refractivity contribution is 7.89. The van der Waals surface area contributed by atoms with Crippen LogP contribution in [0.4, 0.5) is 18.9 Å². The van der Waals surface area contributed by atoms with Gasteiger partial charge in [-0.25, -0.2) is 13.6 Å². The number of nitrogens with two attached hydrogens (primary N) is 1. The minimum Gasteiger partial charge on any atom is -0.482 e. The van der Waals surface area contributed by atoms with E-state index in [-0.39, 0.29) is 28.9 Å². The molecule has 11 heteroatoms. The number of nitrogens with zero attached hydrogens (tertiary/aromatic N) is 1. The predicted octanol–water partition coefficient (Wildman–Crippen LogP) is 2.91. The van der Waals surface area contributed by atoms with E-state index in [4.69, 9.17) is 9.88 Å². The van der Waals surface area contributed by atoms with Crippen LogP contribution in [-0.4, -0.2) is 45.6 Å². The molecule has 0 spiro atoms. The van der Waals surface area contributed by atoms with Gasteiger partial charge in [0.1, 0.15) is 5.75 Å². The van der Waals surface area contributed by atoms with Gasteiger partial charge in [0.2, 0.25) is 15.9 Å². The van der Waals surface area contributed by atoms with Gasteiger partial charge in [-0.1, -0.05) is 24.3 Å². The van der Waals surface area contributed by atoms with Crippen LogP contribution in [0.1, 0.15) is 18.5 Å². The molecule has 1 amide bonds. The highest BCUT2D eigenvalue weighted by Gasteiger charge is 2.29. The molecule has 0 radical (unpaired) electrons. The Hall–Kier alpha value is -2.63. The fraction of sp³-hybridized carbons (Fsp3) is 0.316. The first-order valence-corrected chi connectivity index (χ1v) is 10.3. The molecular formula is C19H22F3N3O4S. The zero-order valence-corrected chi connectivity index (χ0v) is 17.1. The topological polar surface area (TPSA) is 102 Å². The van der Waals surface area contributed by atoms with Gasteiger partial charge < -0.3 is 10.1 Å². The van der Waals surface area contributed by atoms with Crippen molar-refractivity contribution in [3.05, 3.63) is 54.1 Å². The van der Waals surface area contributed by atoms with Crippen LogP contribution in [-0.2, 0) is 14.8 Å². The van der Waals surface area contributed by atoms with Crippen LogP contribution >= 0.6 is 0 Å². The van der Waals surface area contributed by atoms with Gasteiger partial charge in [0.05, 0.1) is 17.1 Å². The molecule has 0 unspecified atom stereocenters. The van der Waals surface area contributed by atoms with Crippen molar-refractivity contribution in [3.8, 4) is 5.75 Å². The number of ether oxygens (including phenoxy) is 1. The zero-order chi connectivity index (χ0) is 22.5. The molecule has 0 aliphatic heterocycles. The lowest BCUT2D eigenvalue weighted by Crippen LogP contribution is -2.32. The molecule has 0 aliphatic rings. The van der Waals surface area contributed by atoms with Crippen LogP contribution in [0.3, 0.4) is 0 Å². The van der Waals surface area contributed by atoms with Gasteiger partial charge in [0.25, 0.3) is 0 Å². The number of amides is 1. The fourth-order valence-corrected chi connectivity index (χ4v) is 3.11. The number of hydrogen-bond donors (Lipinski definition) is 2. The van der Waals surface area contributed by atoms with E-state index >= 15 is 0 Å². The lowest BCUT2D eigenvalue weighted by molar-refractivity contribution is -0.153. The van der Waals surface area contributed by atoms with E-state index in [0.29, 0.717) is 0 Å². The van der Waals surface area contributed by atoms with Crippen molar-refractivity contribution in [2.45, 2.75) is 24.0 Å². The summed E-state index contributed by atoms with van der Waals surface area (Å²) < 4.78 is 64.6. The van der Waals surface area contributed by atoms with Gasteiger partial charge in [-0.15, -0.1) is 0 Å². The number of para-hydroxylation sites is 2. The van der Waals surface area contributed by atoms with E-state index in [0.717, 1.165) is 5.56 Å². The first-order valence-electron chi connectivity index (χ1n) is 8.78. The molecule has 7 nitrogen and oxygen atoms in total. The number of carbonyl (C=O) groups excluding carboxylic acids is 1. The van der Waals surface area contributed by atoms with E-state index in [1.165, 1.54) is 30.3 Å². The van der Waals surface area contributed by atoms with Crippen LogP contribution in [0, 0.1) is 0 Å². The van der Waals surface area contributed by atoms with Gasteiger partial charge in [0, 0.05) is 6.04 Å². The standard InChI is InChI=1S/C19H22F3N3O4S/c1-13(14-7-9-15(10-8-14)30(23,27)28)25(2)11-18(26)24-16-5-3-4-6-17(16)29-12-19(20,21)22/h3-10,13H,11-12H2,1-2H3,(H,24,26)(H2,23,27,28)/t13-/m0/s1. The molecule has 164 valence electrons. The number of benzene rings is 2. The summed E-state index contributed by atoms with van der Waals surface area (Å²) >= 11 is 0. The molecule has 0 bridgehead atoms. The number of likely N-dealkylation sites (N-methyl/N-ethyl adjacent to an activating group) is 1. The maximum Gasteiger partial charge on any atom is 0.422 e. The van der Waals surface area contributed by atoms with E-state index < -0.39 is 28.7 Å². The summed E-state index contributed by atoms with van der Waals surface area (Å²) in [6, 6.07) is 11.5. The third kappa shape index (κ3) is 7.01. The van der Waals surface area contributed by atoms with Crippen molar-refractivity contribution in [1.82, 2.24) is 4.90 Å². The predicted molar refractivity (Wildman–Crippen MR) is 105 cm³/mol. The summed E-state index contributed by atoms with van der Waals surface area (Å²) in [4.78, 5) is 14.0. The summed E-state index contributed by atoms with van der Waals surface area (Å²) in [5.74, 6) is -0.536. The molecule has 0 heterocycles. The minimum atomic E-state index is -4.49. The molecule has 1 atom stereocenters. The van der Waals surface area contributed by atoms with Crippen LogP contribution in [0.15, 0.2) is 53.4 Å². The molecule has 0 aliphatic carbocycles. The summed E-state index contributed by atoms with van der Waals surface area (Å²) in [5, 5.41) is 7.62. The third-order valence-corrected chi connectivity index (χ3v) is 5.23. The second kappa shape index (κ2) is 9.45. The smallest absolute Gasteiger partial charge is 0.422 e. The number of rotatable bonds is 8. The number of sulfonamides is 1. The number of carbonyl (C=O) groups is 1. The van der Waals surface area contributed by atoms with Crippen molar-refractivity contribution in [3.63, 3.8) is 0 Å². The van der Waals surface area contributed by atoms with Gasteiger partial charge in [0.15, 0.2) is 6.61 Å². The van der Waals surface area contributed by atoms with Crippen molar-refractivity contribution >= 4 is 21.6 Å². The van der Waals surface area contributed by atoms with Crippen LogP contribution in [0.25, 0.3) is 0 Å². The van der Waals surface area contributed by atoms with Gasteiger partial charge >= 0.3 is 6.18 Å². The largest absolute Gasteiger partial charge is 0.482 e.